The van der Waals surface area contributed by atoms with Gasteiger partial charge in [0.15, 0.2) is 0 Å². The fraction of sp³-hybridized carbons (Fsp3) is 0.455. The van der Waals surface area contributed by atoms with Crippen molar-refractivity contribution < 1.29 is 13.2 Å². The number of sulfonamides is 1. The van der Waals surface area contributed by atoms with Gasteiger partial charge in [0.1, 0.15) is 11.0 Å². The van der Waals surface area contributed by atoms with Gasteiger partial charge in [-0.1, -0.05) is 35.4 Å². The molecule has 0 unspecified atom stereocenters. The Kier molecular flexibility index (Phi) is 6.50. The van der Waals surface area contributed by atoms with Crippen LogP contribution in [0, 0.1) is 12.8 Å². The summed E-state index contributed by atoms with van der Waals surface area (Å²) < 4.78 is 27.3. The minimum absolute atomic E-state index is 0.125. The summed E-state index contributed by atoms with van der Waals surface area (Å²) in [6.07, 6.45) is 1.11. The molecular weight excluding hydrogens is 436 g/mol. The Morgan fingerprint density at radius 3 is 2.23 bits per heavy atom. The zero-order valence-corrected chi connectivity index (χ0v) is 19.1. The van der Waals surface area contributed by atoms with Crippen LogP contribution in [0.4, 0.5) is 5.82 Å². The monoisotopic (exact) mass is 462 g/mol. The molecule has 2 aliphatic rings. The molecule has 0 aliphatic carbocycles. The molecule has 166 valence electrons. The Balaban J connectivity index is 1.31. The maximum atomic E-state index is 13.0. The number of benzene rings is 1. The summed E-state index contributed by atoms with van der Waals surface area (Å²) in [4.78, 5) is 21.7. The lowest BCUT2D eigenvalue weighted by molar-refractivity contribution is -0.137. The van der Waals surface area contributed by atoms with E-state index in [1.807, 2.05) is 36.1 Å². The highest BCUT2D eigenvalue weighted by molar-refractivity contribution is 7.89. The smallest absolute Gasteiger partial charge is 0.243 e. The molecule has 0 spiro atoms. The van der Waals surface area contributed by atoms with Gasteiger partial charge in [0, 0.05) is 45.2 Å². The topological polar surface area (TPSA) is 73.8 Å². The number of aryl methyl sites for hydroxylation is 1. The number of carbonyl (C=O) groups is 1. The van der Waals surface area contributed by atoms with Crippen molar-refractivity contribution in [3.05, 3.63) is 53.2 Å². The molecule has 0 radical (unpaired) electrons. The van der Waals surface area contributed by atoms with Crippen LogP contribution in [0.1, 0.15) is 18.4 Å². The lowest BCUT2D eigenvalue weighted by atomic mass is 9.96. The molecule has 2 aliphatic heterocycles. The van der Waals surface area contributed by atoms with Gasteiger partial charge in [-0.15, -0.1) is 0 Å². The first-order valence-corrected chi connectivity index (χ1v) is 12.4. The summed E-state index contributed by atoms with van der Waals surface area (Å²) in [5.74, 6) is 0.834. The lowest BCUT2D eigenvalue weighted by Gasteiger charge is -2.38. The van der Waals surface area contributed by atoms with Crippen LogP contribution in [0.2, 0.25) is 5.15 Å². The molecule has 2 saturated heterocycles. The minimum Gasteiger partial charge on any atom is -0.353 e. The maximum absolute atomic E-state index is 13.0. The summed E-state index contributed by atoms with van der Waals surface area (Å²) in [7, 11) is -3.51. The number of hydrogen-bond donors (Lipinski definition) is 0. The van der Waals surface area contributed by atoms with Gasteiger partial charge >= 0.3 is 0 Å². The number of rotatable bonds is 4. The predicted molar refractivity (Wildman–Crippen MR) is 121 cm³/mol. The van der Waals surface area contributed by atoms with Crippen LogP contribution in [0.5, 0.6) is 0 Å². The molecule has 0 N–H and O–H groups in total. The summed E-state index contributed by atoms with van der Waals surface area (Å²) in [6.45, 7) is 5.36. The van der Waals surface area contributed by atoms with Gasteiger partial charge in [-0.05, 0) is 44.0 Å². The Morgan fingerprint density at radius 1 is 0.968 bits per heavy atom. The molecule has 1 aromatic carbocycles. The molecule has 1 aromatic heterocycles. The van der Waals surface area contributed by atoms with Crippen molar-refractivity contribution in [3.63, 3.8) is 0 Å². The summed E-state index contributed by atoms with van der Waals surface area (Å²) in [5.41, 5.74) is 1.02. The Hall–Kier alpha value is -2.16. The fourth-order valence-electron chi connectivity index (χ4n) is 4.19. The average molecular weight is 463 g/mol. The molecule has 31 heavy (non-hydrogen) atoms. The number of halogens is 1. The molecule has 0 atom stereocenters. The van der Waals surface area contributed by atoms with Crippen LogP contribution in [0.15, 0.2) is 47.4 Å². The van der Waals surface area contributed by atoms with Crippen LogP contribution >= 0.6 is 11.6 Å². The summed E-state index contributed by atoms with van der Waals surface area (Å²) in [5, 5.41) is 0.461. The number of aromatic nitrogens is 1. The van der Waals surface area contributed by atoms with Crippen molar-refractivity contribution in [3.8, 4) is 0 Å². The molecule has 1 amide bonds. The van der Waals surface area contributed by atoms with Crippen molar-refractivity contribution in [1.82, 2.24) is 14.2 Å². The van der Waals surface area contributed by atoms with Crippen LogP contribution in [-0.4, -0.2) is 67.8 Å². The fourth-order valence-corrected chi connectivity index (χ4v) is 5.82. The summed E-state index contributed by atoms with van der Waals surface area (Å²) in [6, 6.07) is 12.5. The number of pyridine rings is 1. The normalized spacial score (nSPS) is 18.9. The van der Waals surface area contributed by atoms with Crippen molar-refractivity contribution in [2.45, 2.75) is 24.7 Å². The van der Waals surface area contributed by atoms with Gasteiger partial charge < -0.3 is 9.80 Å². The Morgan fingerprint density at radius 2 is 1.61 bits per heavy atom. The van der Waals surface area contributed by atoms with Crippen LogP contribution < -0.4 is 4.90 Å². The molecule has 3 heterocycles. The van der Waals surface area contributed by atoms with E-state index < -0.39 is 10.0 Å². The summed E-state index contributed by atoms with van der Waals surface area (Å²) >= 11 is 5.99. The second kappa shape index (κ2) is 9.14. The van der Waals surface area contributed by atoms with Crippen molar-refractivity contribution in [1.29, 1.82) is 0 Å². The van der Waals surface area contributed by atoms with Crippen LogP contribution in [-0.2, 0) is 14.8 Å². The minimum atomic E-state index is -3.51. The van der Waals surface area contributed by atoms with Crippen molar-refractivity contribution in [2.24, 2.45) is 5.92 Å². The third kappa shape index (κ3) is 4.86. The third-order valence-electron chi connectivity index (χ3n) is 6.08. The second-order valence-corrected chi connectivity index (χ2v) is 10.4. The predicted octanol–water partition coefficient (Wildman–Crippen LogP) is 2.79. The molecule has 0 saturated carbocycles. The number of amides is 1. The van der Waals surface area contributed by atoms with E-state index in [9.17, 15) is 13.2 Å². The SMILES string of the molecule is Cc1ccc(S(=O)(=O)N2CCC(C(=O)N3CCN(c4cccc(Cl)n4)CC3)CC2)cc1. The van der Waals surface area contributed by atoms with Gasteiger partial charge in [-0.25, -0.2) is 13.4 Å². The van der Waals surface area contributed by atoms with Gasteiger partial charge in [-0.2, -0.15) is 4.31 Å². The number of hydrogen-bond acceptors (Lipinski definition) is 5. The number of piperazine rings is 1. The number of nitrogens with zero attached hydrogens (tertiary/aromatic N) is 4. The highest BCUT2D eigenvalue weighted by atomic mass is 35.5. The van der Waals surface area contributed by atoms with E-state index >= 15 is 0 Å². The van der Waals surface area contributed by atoms with Gasteiger partial charge in [-0.3, -0.25) is 4.79 Å². The van der Waals surface area contributed by atoms with Crippen molar-refractivity contribution in [2.75, 3.05) is 44.2 Å². The van der Waals surface area contributed by atoms with E-state index in [1.165, 1.54) is 4.31 Å². The zero-order valence-electron chi connectivity index (χ0n) is 17.6. The van der Waals surface area contributed by atoms with E-state index in [2.05, 4.69) is 9.88 Å². The average Bonchev–Trinajstić information content (AvgIpc) is 2.79. The van der Waals surface area contributed by atoms with E-state index in [-0.39, 0.29) is 11.8 Å². The van der Waals surface area contributed by atoms with Crippen molar-refractivity contribution >= 4 is 33.3 Å². The largest absolute Gasteiger partial charge is 0.353 e. The van der Waals surface area contributed by atoms with Gasteiger partial charge in [0.2, 0.25) is 15.9 Å². The molecule has 0 bridgehead atoms. The highest BCUT2D eigenvalue weighted by Gasteiger charge is 2.34. The molecule has 4 rings (SSSR count). The molecule has 7 nitrogen and oxygen atoms in total. The first-order valence-electron chi connectivity index (χ1n) is 10.6. The molecule has 2 aromatic rings. The molecule has 9 heteroatoms. The second-order valence-electron chi connectivity index (χ2n) is 8.12. The zero-order chi connectivity index (χ0) is 22.0. The van der Waals surface area contributed by atoms with E-state index in [1.54, 1.807) is 18.2 Å². The van der Waals surface area contributed by atoms with Gasteiger partial charge in [0.05, 0.1) is 4.90 Å². The highest BCUT2D eigenvalue weighted by Crippen LogP contribution is 2.26. The maximum Gasteiger partial charge on any atom is 0.243 e. The lowest BCUT2D eigenvalue weighted by Crippen LogP contribution is -2.52. The van der Waals surface area contributed by atoms with Crippen LogP contribution in [0.3, 0.4) is 0 Å². The third-order valence-corrected chi connectivity index (χ3v) is 8.20. The Labute approximate surface area is 188 Å². The Bertz CT molecular complexity index is 1030. The van der Waals surface area contributed by atoms with Crippen LogP contribution in [0.25, 0.3) is 0 Å². The first-order chi connectivity index (χ1) is 14.8. The number of carbonyl (C=O) groups excluding carboxylic acids is 1. The van der Waals surface area contributed by atoms with E-state index in [4.69, 9.17) is 11.6 Å². The molecule has 2 fully saturated rings. The quantitative estimate of drug-likeness (QED) is 0.653. The number of anilines is 1. The standard InChI is InChI=1S/C22H27ClN4O3S/c1-17-5-7-19(8-6-17)31(29,30)27-11-9-18(10-12-27)22(28)26-15-13-25(14-16-26)21-4-2-3-20(23)24-21/h2-8,18H,9-16H2,1H3. The van der Waals surface area contributed by atoms with E-state index in [0.717, 1.165) is 11.4 Å². The van der Waals surface area contributed by atoms with Gasteiger partial charge in [0.25, 0.3) is 0 Å². The number of piperidine rings is 1. The molecular formula is C22H27ClN4O3S. The van der Waals surface area contributed by atoms with E-state index in [0.29, 0.717) is 62.2 Å². The first kappa shape index (κ1) is 22.0.